The van der Waals surface area contributed by atoms with Gasteiger partial charge in [0.25, 0.3) is 11.7 Å². The molecule has 0 aliphatic carbocycles. The number of halogens is 1. The van der Waals surface area contributed by atoms with Gasteiger partial charge >= 0.3 is 5.97 Å². The van der Waals surface area contributed by atoms with Crippen molar-refractivity contribution >= 4 is 39.3 Å². The monoisotopic (exact) mass is 510 g/mol. The fraction of sp³-hybridized carbons (Fsp3) is 0.100. The van der Waals surface area contributed by atoms with Crippen molar-refractivity contribution in [3.63, 3.8) is 0 Å². The SMILES string of the molecule is Cc1c(C(=O)C(N)=O)c2c(OCC(=O)O)cc3ccccc3c2n1Cc1cccc(-c2ccc(F)cc2)c1. The first-order valence-corrected chi connectivity index (χ1v) is 11.8. The average Bonchev–Trinajstić information content (AvgIpc) is 3.19. The lowest BCUT2D eigenvalue weighted by Gasteiger charge is -2.13. The van der Waals surface area contributed by atoms with Gasteiger partial charge in [0.2, 0.25) is 0 Å². The summed E-state index contributed by atoms with van der Waals surface area (Å²) >= 11 is 0. The molecule has 0 fully saturated rings. The molecule has 0 spiro atoms. The Labute approximate surface area is 216 Å². The molecule has 0 saturated heterocycles. The third-order valence-electron chi connectivity index (χ3n) is 6.52. The van der Waals surface area contributed by atoms with Gasteiger partial charge in [-0.15, -0.1) is 0 Å². The summed E-state index contributed by atoms with van der Waals surface area (Å²) in [5.74, 6) is -3.33. The largest absolute Gasteiger partial charge is 0.481 e. The van der Waals surface area contributed by atoms with E-state index in [1.54, 1.807) is 25.1 Å². The smallest absolute Gasteiger partial charge is 0.341 e. The van der Waals surface area contributed by atoms with Gasteiger partial charge in [0.15, 0.2) is 6.61 Å². The van der Waals surface area contributed by atoms with Crippen LogP contribution in [0.15, 0.2) is 78.9 Å². The molecule has 1 amide bonds. The van der Waals surface area contributed by atoms with E-state index in [1.807, 2.05) is 53.1 Å². The molecule has 0 atom stereocenters. The van der Waals surface area contributed by atoms with E-state index in [4.69, 9.17) is 10.5 Å². The third kappa shape index (κ3) is 4.48. The van der Waals surface area contributed by atoms with Gasteiger partial charge in [0, 0.05) is 17.6 Å². The number of fused-ring (bicyclic) bond motifs is 3. The molecule has 0 bridgehead atoms. The molecule has 8 heteroatoms. The fourth-order valence-corrected chi connectivity index (χ4v) is 4.83. The Morgan fingerprint density at radius 1 is 0.947 bits per heavy atom. The number of Topliss-reactive ketones (excluding diaryl/α,β-unsaturated/α-hetero) is 1. The van der Waals surface area contributed by atoms with Crippen LogP contribution in [-0.2, 0) is 16.1 Å². The predicted octanol–water partition coefficient (Wildman–Crippen LogP) is 5.09. The van der Waals surface area contributed by atoms with Crippen molar-refractivity contribution in [1.29, 1.82) is 0 Å². The van der Waals surface area contributed by atoms with Crippen LogP contribution in [0.25, 0.3) is 32.8 Å². The summed E-state index contributed by atoms with van der Waals surface area (Å²) in [6, 6.07) is 23.0. The van der Waals surface area contributed by atoms with Crippen LogP contribution in [0.4, 0.5) is 4.39 Å². The molecule has 1 heterocycles. The highest BCUT2D eigenvalue weighted by atomic mass is 19.1. The number of carboxylic acid groups (broad SMARTS) is 1. The van der Waals surface area contributed by atoms with Gasteiger partial charge in [-0.3, -0.25) is 9.59 Å². The summed E-state index contributed by atoms with van der Waals surface area (Å²) < 4.78 is 21.0. The minimum absolute atomic E-state index is 0.0772. The Morgan fingerprint density at radius 3 is 2.39 bits per heavy atom. The molecule has 3 N–H and O–H groups in total. The molecule has 190 valence electrons. The number of ether oxygens (including phenoxy) is 1. The van der Waals surface area contributed by atoms with E-state index >= 15 is 0 Å². The zero-order valence-electron chi connectivity index (χ0n) is 20.4. The van der Waals surface area contributed by atoms with E-state index < -0.39 is 24.3 Å². The van der Waals surface area contributed by atoms with E-state index in [-0.39, 0.29) is 17.1 Å². The molecule has 0 unspecified atom stereocenters. The molecule has 5 rings (SSSR count). The van der Waals surface area contributed by atoms with E-state index in [2.05, 4.69) is 0 Å². The normalized spacial score (nSPS) is 11.1. The lowest BCUT2D eigenvalue weighted by Crippen LogP contribution is -2.24. The van der Waals surface area contributed by atoms with E-state index in [0.717, 1.165) is 27.5 Å². The van der Waals surface area contributed by atoms with Gasteiger partial charge in [0.1, 0.15) is 11.6 Å². The quantitative estimate of drug-likeness (QED) is 0.223. The van der Waals surface area contributed by atoms with Crippen molar-refractivity contribution in [3.05, 3.63) is 102 Å². The molecule has 0 radical (unpaired) electrons. The van der Waals surface area contributed by atoms with Crippen LogP contribution in [0.1, 0.15) is 21.6 Å². The number of carbonyl (C=O) groups is 3. The van der Waals surface area contributed by atoms with Crippen molar-refractivity contribution in [1.82, 2.24) is 4.57 Å². The standard InChI is InChI=1S/C30H23FN2O5/c1-17-26(29(36)30(32)37)27-24(38-16-25(34)35)14-21-6-2-3-8-23(21)28(27)33(17)15-18-5-4-7-20(13-18)19-9-11-22(31)12-10-19/h2-14H,15-16H2,1H3,(H2,32,37)(H,34,35). The number of ketones is 1. The number of benzene rings is 4. The van der Waals surface area contributed by atoms with Crippen molar-refractivity contribution in [2.75, 3.05) is 6.61 Å². The molecule has 0 aliphatic rings. The summed E-state index contributed by atoms with van der Waals surface area (Å²) in [5.41, 5.74) is 9.24. The summed E-state index contributed by atoms with van der Waals surface area (Å²) in [4.78, 5) is 36.4. The fourth-order valence-electron chi connectivity index (χ4n) is 4.83. The number of primary amides is 1. The van der Waals surface area contributed by atoms with Gasteiger partial charge in [-0.2, -0.15) is 0 Å². The number of aliphatic carboxylic acids is 1. The van der Waals surface area contributed by atoms with Gasteiger partial charge in [-0.1, -0.05) is 54.6 Å². The van der Waals surface area contributed by atoms with E-state index in [1.165, 1.54) is 12.1 Å². The van der Waals surface area contributed by atoms with Gasteiger partial charge in [0.05, 0.1) is 16.5 Å². The molecule has 7 nitrogen and oxygen atoms in total. The zero-order valence-corrected chi connectivity index (χ0v) is 20.4. The number of hydrogen-bond acceptors (Lipinski definition) is 4. The lowest BCUT2D eigenvalue weighted by molar-refractivity contribution is -0.139. The second kappa shape index (κ2) is 9.82. The summed E-state index contributed by atoms with van der Waals surface area (Å²) in [5, 5.41) is 11.1. The number of carboxylic acids is 1. The molecule has 5 aromatic rings. The zero-order chi connectivity index (χ0) is 27.0. The summed E-state index contributed by atoms with van der Waals surface area (Å²) in [7, 11) is 0. The number of amides is 1. The van der Waals surface area contributed by atoms with Crippen molar-refractivity contribution in [2.24, 2.45) is 5.73 Å². The number of aromatic nitrogens is 1. The van der Waals surface area contributed by atoms with Crippen LogP contribution in [0, 0.1) is 12.7 Å². The first kappa shape index (κ1) is 24.7. The maximum absolute atomic E-state index is 13.4. The van der Waals surface area contributed by atoms with Crippen LogP contribution in [0.5, 0.6) is 5.75 Å². The molecule has 0 aliphatic heterocycles. The van der Waals surface area contributed by atoms with Crippen LogP contribution >= 0.6 is 0 Å². The van der Waals surface area contributed by atoms with Crippen LogP contribution in [0.3, 0.4) is 0 Å². The molecule has 1 aromatic heterocycles. The number of hydrogen-bond donors (Lipinski definition) is 2. The Bertz CT molecular complexity index is 1740. The highest BCUT2D eigenvalue weighted by molar-refractivity contribution is 6.45. The van der Waals surface area contributed by atoms with Crippen molar-refractivity contribution in [3.8, 4) is 16.9 Å². The average molecular weight is 511 g/mol. The molecular formula is C30H23FN2O5. The minimum Gasteiger partial charge on any atom is -0.481 e. The Balaban J connectivity index is 1.75. The molecule has 0 saturated carbocycles. The lowest BCUT2D eigenvalue weighted by atomic mass is 10.0. The third-order valence-corrected chi connectivity index (χ3v) is 6.52. The van der Waals surface area contributed by atoms with E-state index in [9.17, 15) is 23.9 Å². The summed E-state index contributed by atoms with van der Waals surface area (Å²) in [6.07, 6.45) is 0. The van der Waals surface area contributed by atoms with Gasteiger partial charge < -0.3 is 20.1 Å². The topological polar surface area (TPSA) is 112 Å². The number of nitrogens with two attached hydrogens (primary N) is 1. The van der Waals surface area contributed by atoms with Crippen LogP contribution < -0.4 is 10.5 Å². The second-order valence-electron chi connectivity index (χ2n) is 8.95. The second-order valence-corrected chi connectivity index (χ2v) is 8.95. The maximum Gasteiger partial charge on any atom is 0.341 e. The highest BCUT2D eigenvalue weighted by Gasteiger charge is 2.28. The van der Waals surface area contributed by atoms with Crippen LogP contribution in [0.2, 0.25) is 0 Å². The molecular weight excluding hydrogens is 487 g/mol. The number of carbonyl (C=O) groups excluding carboxylic acids is 2. The van der Waals surface area contributed by atoms with Gasteiger partial charge in [-0.05, 0) is 53.3 Å². The Kier molecular flexibility index (Phi) is 6.38. The van der Waals surface area contributed by atoms with Crippen molar-refractivity contribution < 1.29 is 28.6 Å². The summed E-state index contributed by atoms with van der Waals surface area (Å²) in [6.45, 7) is 1.42. The van der Waals surface area contributed by atoms with Gasteiger partial charge in [-0.25, -0.2) is 9.18 Å². The number of nitrogens with zero attached hydrogens (tertiary/aromatic N) is 1. The molecule has 38 heavy (non-hydrogen) atoms. The van der Waals surface area contributed by atoms with E-state index in [0.29, 0.717) is 23.1 Å². The first-order chi connectivity index (χ1) is 18.2. The number of rotatable bonds is 8. The van der Waals surface area contributed by atoms with Crippen LogP contribution in [-0.4, -0.2) is 33.9 Å². The minimum atomic E-state index is -1.18. The Hall–Kier alpha value is -4.98. The maximum atomic E-state index is 13.4. The molecule has 4 aromatic carbocycles. The highest BCUT2D eigenvalue weighted by Crippen LogP contribution is 2.40. The predicted molar refractivity (Wildman–Crippen MR) is 142 cm³/mol. The Morgan fingerprint density at radius 2 is 1.68 bits per heavy atom. The van der Waals surface area contributed by atoms with Crippen molar-refractivity contribution in [2.45, 2.75) is 13.5 Å². The first-order valence-electron chi connectivity index (χ1n) is 11.8.